The van der Waals surface area contributed by atoms with Gasteiger partial charge in [0.05, 0.1) is 0 Å². The highest BCUT2D eigenvalue weighted by Crippen LogP contribution is 2.20. The first-order valence-electron chi connectivity index (χ1n) is 4.82. The van der Waals surface area contributed by atoms with Gasteiger partial charge in [-0.25, -0.2) is 4.79 Å². The highest BCUT2D eigenvalue weighted by Gasteiger charge is 2.13. The number of carbonyl (C=O) groups is 1. The standard InChI is InChI=1S/C12H9ClO4/c1-7-9(12(14)15)6-16-10(7)4-2-8-3-5-11(13)17-8/h2-6H,1H3,(H,14,15). The Kier molecular flexibility index (Phi) is 3.06. The third-order valence-corrected chi connectivity index (χ3v) is 2.50. The topological polar surface area (TPSA) is 63.6 Å². The molecule has 0 bridgehead atoms. The molecule has 0 aliphatic rings. The molecule has 2 heterocycles. The SMILES string of the molecule is Cc1c(C(=O)O)coc1C=Cc1ccc(Cl)o1. The summed E-state index contributed by atoms with van der Waals surface area (Å²) >= 11 is 5.62. The van der Waals surface area contributed by atoms with Gasteiger partial charge in [-0.05, 0) is 42.8 Å². The molecular formula is C12H9ClO4. The molecule has 0 aromatic carbocycles. The number of furan rings is 2. The molecule has 0 aliphatic carbocycles. The summed E-state index contributed by atoms with van der Waals surface area (Å²) in [5.74, 6) is 0.0459. The summed E-state index contributed by atoms with van der Waals surface area (Å²) in [5.41, 5.74) is 0.730. The minimum atomic E-state index is -1.01. The van der Waals surface area contributed by atoms with Crippen molar-refractivity contribution in [3.63, 3.8) is 0 Å². The zero-order valence-electron chi connectivity index (χ0n) is 8.94. The second-order valence-electron chi connectivity index (χ2n) is 3.42. The van der Waals surface area contributed by atoms with Gasteiger partial charge in [0.2, 0.25) is 0 Å². The summed E-state index contributed by atoms with van der Waals surface area (Å²) < 4.78 is 10.3. The number of rotatable bonds is 3. The molecule has 0 saturated carbocycles. The zero-order valence-corrected chi connectivity index (χ0v) is 9.69. The van der Waals surface area contributed by atoms with Gasteiger partial charge in [-0.15, -0.1) is 0 Å². The monoisotopic (exact) mass is 252 g/mol. The lowest BCUT2D eigenvalue weighted by atomic mass is 10.1. The van der Waals surface area contributed by atoms with E-state index in [9.17, 15) is 4.79 Å². The van der Waals surface area contributed by atoms with Crippen molar-refractivity contribution in [2.24, 2.45) is 0 Å². The molecule has 88 valence electrons. The van der Waals surface area contributed by atoms with Crippen molar-refractivity contribution in [1.29, 1.82) is 0 Å². The van der Waals surface area contributed by atoms with Gasteiger partial charge in [0, 0.05) is 5.56 Å². The fraction of sp³-hybridized carbons (Fsp3) is 0.0833. The minimum absolute atomic E-state index is 0.155. The number of aromatic carboxylic acids is 1. The van der Waals surface area contributed by atoms with E-state index in [4.69, 9.17) is 25.5 Å². The van der Waals surface area contributed by atoms with E-state index < -0.39 is 5.97 Å². The first-order valence-corrected chi connectivity index (χ1v) is 5.20. The van der Waals surface area contributed by atoms with Crippen LogP contribution in [0.25, 0.3) is 12.2 Å². The van der Waals surface area contributed by atoms with Gasteiger partial charge in [0.15, 0.2) is 5.22 Å². The van der Waals surface area contributed by atoms with Crippen LogP contribution >= 0.6 is 11.6 Å². The number of hydrogen-bond donors (Lipinski definition) is 1. The highest BCUT2D eigenvalue weighted by molar-refractivity contribution is 6.28. The van der Waals surface area contributed by atoms with Crippen molar-refractivity contribution in [1.82, 2.24) is 0 Å². The van der Waals surface area contributed by atoms with Crippen LogP contribution in [0.5, 0.6) is 0 Å². The molecule has 0 atom stereocenters. The zero-order chi connectivity index (χ0) is 12.4. The Labute approximate surface area is 102 Å². The molecule has 2 rings (SSSR count). The molecule has 4 nitrogen and oxygen atoms in total. The Morgan fingerprint density at radius 2 is 2.18 bits per heavy atom. The van der Waals surface area contributed by atoms with E-state index in [0.29, 0.717) is 22.3 Å². The Morgan fingerprint density at radius 1 is 1.41 bits per heavy atom. The molecule has 5 heteroatoms. The lowest BCUT2D eigenvalue weighted by molar-refractivity contribution is 0.0695. The summed E-state index contributed by atoms with van der Waals surface area (Å²) in [6.45, 7) is 1.68. The minimum Gasteiger partial charge on any atom is -0.478 e. The predicted octanol–water partition coefficient (Wildman–Crippen LogP) is 3.70. The fourth-order valence-electron chi connectivity index (χ4n) is 1.38. The van der Waals surface area contributed by atoms with E-state index >= 15 is 0 Å². The summed E-state index contributed by atoms with van der Waals surface area (Å²) in [4.78, 5) is 10.8. The van der Waals surface area contributed by atoms with Crippen molar-refractivity contribution >= 4 is 29.7 Å². The Bertz CT molecular complexity index is 577. The van der Waals surface area contributed by atoms with Gasteiger partial charge in [0.1, 0.15) is 23.3 Å². The number of halogens is 1. The number of carboxylic acids is 1. The summed E-state index contributed by atoms with van der Waals surface area (Å²) in [7, 11) is 0. The normalized spacial score (nSPS) is 11.2. The average molecular weight is 253 g/mol. The molecule has 0 radical (unpaired) electrons. The van der Waals surface area contributed by atoms with E-state index in [1.54, 1.807) is 31.2 Å². The first kappa shape index (κ1) is 11.5. The molecule has 2 aromatic rings. The van der Waals surface area contributed by atoms with Gasteiger partial charge in [0.25, 0.3) is 0 Å². The van der Waals surface area contributed by atoms with E-state index in [0.717, 1.165) is 0 Å². The van der Waals surface area contributed by atoms with Crippen LogP contribution in [0.4, 0.5) is 0 Å². The molecule has 1 N–H and O–H groups in total. The van der Waals surface area contributed by atoms with Crippen LogP contribution in [0.3, 0.4) is 0 Å². The molecule has 0 spiro atoms. The lowest BCUT2D eigenvalue weighted by Gasteiger charge is -1.90. The van der Waals surface area contributed by atoms with Crippen molar-refractivity contribution in [2.45, 2.75) is 6.92 Å². The third kappa shape index (κ3) is 2.42. The number of carboxylic acid groups (broad SMARTS) is 1. The van der Waals surface area contributed by atoms with Crippen LogP contribution in [0.2, 0.25) is 5.22 Å². The maximum atomic E-state index is 10.8. The van der Waals surface area contributed by atoms with E-state index in [2.05, 4.69) is 0 Å². The van der Waals surface area contributed by atoms with Crippen LogP contribution < -0.4 is 0 Å². The lowest BCUT2D eigenvalue weighted by Crippen LogP contribution is -1.95. The van der Waals surface area contributed by atoms with Crippen LogP contribution in [-0.2, 0) is 0 Å². The molecule has 0 amide bonds. The molecule has 17 heavy (non-hydrogen) atoms. The van der Waals surface area contributed by atoms with Gasteiger partial charge >= 0.3 is 5.97 Å². The highest BCUT2D eigenvalue weighted by atomic mass is 35.5. The predicted molar refractivity (Wildman–Crippen MR) is 63.1 cm³/mol. The van der Waals surface area contributed by atoms with E-state index in [-0.39, 0.29) is 5.56 Å². The molecule has 2 aromatic heterocycles. The average Bonchev–Trinajstić information content (AvgIpc) is 2.82. The van der Waals surface area contributed by atoms with Crippen LogP contribution in [-0.4, -0.2) is 11.1 Å². The molecule has 0 fully saturated rings. The molecular weight excluding hydrogens is 244 g/mol. The first-order chi connectivity index (χ1) is 8.08. The van der Waals surface area contributed by atoms with Crippen LogP contribution in [0.1, 0.15) is 27.4 Å². The third-order valence-electron chi connectivity index (χ3n) is 2.30. The molecule has 0 saturated heterocycles. The van der Waals surface area contributed by atoms with Crippen LogP contribution in [0.15, 0.2) is 27.2 Å². The van der Waals surface area contributed by atoms with Gasteiger partial charge in [-0.2, -0.15) is 0 Å². The molecule has 0 aliphatic heterocycles. The van der Waals surface area contributed by atoms with Crippen molar-refractivity contribution in [3.05, 3.63) is 46.3 Å². The van der Waals surface area contributed by atoms with E-state index in [1.807, 2.05) is 0 Å². The largest absolute Gasteiger partial charge is 0.478 e. The second kappa shape index (κ2) is 4.51. The summed E-state index contributed by atoms with van der Waals surface area (Å²) in [5, 5.41) is 9.15. The Hall–Kier alpha value is -1.94. The van der Waals surface area contributed by atoms with E-state index in [1.165, 1.54) is 6.26 Å². The van der Waals surface area contributed by atoms with Crippen molar-refractivity contribution < 1.29 is 18.7 Å². The fourth-order valence-corrected chi connectivity index (χ4v) is 1.53. The van der Waals surface area contributed by atoms with Crippen molar-refractivity contribution in [3.8, 4) is 0 Å². The maximum Gasteiger partial charge on any atom is 0.339 e. The van der Waals surface area contributed by atoms with Gasteiger partial charge in [-0.3, -0.25) is 0 Å². The number of hydrogen-bond acceptors (Lipinski definition) is 3. The quantitative estimate of drug-likeness (QED) is 0.905. The second-order valence-corrected chi connectivity index (χ2v) is 3.79. The molecule has 0 unspecified atom stereocenters. The van der Waals surface area contributed by atoms with Gasteiger partial charge < -0.3 is 13.9 Å². The Morgan fingerprint density at radius 3 is 2.71 bits per heavy atom. The maximum absolute atomic E-state index is 10.8. The summed E-state index contributed by atoms with van der Waals surface area (Å²) in [6.07, 6.45) is 4.51. The smallest absolute Gasteiger partial charge is 0.339 e. The summed E-state index contributed by atoms with van der Waals surface area (Å²) in [6, 6.07) is 3.33. The van der Waals surface area contributed by atoms with Gasteiger partial charge in [-0.1, -0.05) is 0 Å². The Balaban J connectivity index is 2.25. The van der Waals surface area contributed by atoms with Crippen LogP contribution in [0, 0.1) is 6.92 Å². The van der Waals surface area contributed by atoms with Crippen molar-refractivity contribution in [2.75, 3.05) is 0 Å².